The maximum atomic E-state index is 12.7. The number of carbonyl (C=O) groups excluding carboxylic acids is 2. The summed E-state index contributed by atoms with van der Waals surface area (Å²) >= 11 is 12.5. The highest BCUT2D eigenvalue weighted by Crippen LogP contribution is 2.43. The molecule has 0 fully saturated rings. The molecule has 2 rings (SSSR count). The lowest BCUT2D eigenvalue weighted by Crippen LogP contribution is -2.32. The van der Waals surface area contributed by atoms with Gasteiger partial charge in [0.25, 0.3) is 5.91 Å². The van der Waals surface area contributed by atoms with E-state index in [1.165, 1.54) is 47.5 Å². The van der Waals surface area contributed by atoms with E-state index in [1.54, 1.807) is 12.1 Å². The Bertz CT molecular complexity index is 1010. The molecular weight excluding hydrogens is 449 g/mol. The topological polar surface area (TPSA) is 108 Å². The second kappa shape index (κ2) is 10.8. The van der Waals surface area contributed by atoms with Crippen molar-refractivity contribution in [1.29, 1.82) is 0 Å². The number of azo groups is 1. The van der Waals surface area contributed by atoms with Crippen molar-refractivity contribution in [2.45, 2.75) is 13.0 Å². The average Bonchev–Trinajstić information content (AvgIpc) is 2.75. The molecule has 0 aliphatic rings. The van der Waals surface area contributed by atoms with E-state index < -0.39 is 17.7 Å². The normalized spacial score (nSPS) is 11.7. The first-order chi connectivity index (χ1) is 14.8. The van der Waals surface area contributed by atoms with Gasteiger partial charge in [-0.25, -0.2) is 0 Å². The van der Waals surface area contributed by atoms with E-state index in [1.807, 2.05) is 0 Å². The van der Waals surface area contributed by atoms with E-state index in [2.05, 4.69) is 15.5 Å². The first-order valence-corrected chi connectivity index (χ1v) is 9.57. The lowest BCUT2D eigenvalue weighted by Gasteiger charge is -2.15. The van der Waals surface area contributed by atoms with E-state index >= 15 is 0 Å². The fourth-order valence-corrected chi connectivity index (χ4v) is 3.07. The van der Waals surface area contributed by atoms with E-state index in [4.69, 9.17) is 42.1 Å². The average molecular weight is 470 g/mol. The lowest BCUT2D eigenvalue weighted by atomic mass is 10.2. The smallest absolute Gasteiger partial charge is 0.258 e. The number of Topliss-reactive ketones (excluding diaryl/α,β-unsaturated/α-hetero) is 1. The van der Waals surface area contributed by atoms with Gasteiger partial charge in [-0.15, -0.1) is 5.11 Å². The van der Waals surface area contributed by atoms with Crippen LogP contribution in [-0.2, 0) is 9.59 Å². The second-order valence-corrected chi connectivity index (χ2v) is 6.80. The van der Waals surface area contributed by atoms with Gasteiger partial charge >= 0.3 is 0 Å². The first-order valence-electron chi connectivity index (χ1n) is 8.82. The van der Waals surface area contributed by atoms with Gasteiger partial charge in [-0.1, -0.05) is 23.2 Å². The third-order valence-electron chi connectivity index (χ3n) is 4.12. The standard InChI is InChI=1S/C20H21Cl2N3O6/c1-10(26)16(24-25-17-11(21)6-8-14(29-3)19(17)31-5)20(27)23-12-7-9-13(28-2)18(30-4)15(12)22/h6-9,16H,1-5H3,(H,23,27). The fourth-order valence-electron chi connectivity index (χ4n) is 2.60. The van der Waals surface area contributed by atoms with Crippen LogP contribution in [0.15, 0.2) is 34.5 Å². The number of benzene rings is 2. The van der Waals surface area contributed by atoms with Gasteiger partial charge in [0.1, 0.15) is 10.7 Å². The van der Waals surface area contributed by atoms with E-state index in [0.29, 0.717) is 11.5 Å². The van der Waals surface area contributed by atoms with Gasteiger partial charge in [-0.05, 0) is 31.2 Å². The van der Waals surface area contributed by atoms with Gasteiger partial charge in [0.2, 0.25) is 6.04 Å². The molecular formula is C20H21Cl2N3O6. The van der Waals surface area contributed by atoms with Crippen LogP contribution in [-0.4, -0.2) is 46.2 Å². The highest BCUT2D eigenvalue weighted by molar-refractivity contribution is 6.35. The maximum Gasteiger partial charge on any atom is 0.258 e. The van der Waals surface area contributed by atoms with Gasteiger partial charge in [-0.3, -0.25) is 9.59 Å². The number of hydrogen-bond donors (Lipinski definition) is 1. The summed E-state index contributed by atoms with van der Waals surface area (Å²) in [4.78, 5) is 24.8. The van der Waals surface area contributed by atoms with Crippen LogP contribution in [0.4, 0.5) is 11.4 Å². The minimum Gasteiger partial charge on any atom is -0.493 e. The second-order valence-electron chi connectivity index (χ2n) is 6.01. The SMILES string of the molecule is COc1ccc(NC(=O)C(N=Nc2c(Cl)ccc(OC)c2OC)C(C)=O)c(Cl)c1OC. The summed E-state index contributed by atoms with van der Waals surface area (Å²) in [5, 5.41) is 10.7. The Morgan fingerprint density at radius 3 is 2.03 bits per heavy atom. The zero-order chi connectivity index (χ0) is 23.1. The molecule has 9 nitrogen and oxygen atoms in total. The van der Waals surface area contributed by atoms with Crippen LogP contribution < -0.4 is 24.3 Å². The number of rotatable bonds is 9. The van der Waals surface area contributed by atoms with Gasteiger partial charge in [0.15, 0.2) is 28.8 Å². The molecule has 0 heterocycles. The van der Waals surface area contributed by atoms with Crippen molar-refractivity contribution in [3.05, 3.63) is 34.3 Å². The van der Waals surface area contributed by atoms with Crippen LogP contribution in [0.2, 0.25) is 10.0 Å². The predicted molar refractivity (Wildman–Crippen MR) is 117 cm³/mol. The molecule has 11 heteroatoms. The van der Waals surface area contributed by atoms with E-state index in [9.17, 15) is 9.59 Å². The molecule has 31 heavy (non-hydrogen) atoms. The number of ether oxygens (including phenoxy) is 4. The van der Waals surface area contributed by atoms with Crippen LogP contribution >= 0.6 is 23.2 Å². The Balaban J connectivity index is 2.36. The summed E-state index contributed by atoms with van der Waals surface area (Å²) in [6.45, 7) is 1.21. The van der Waals surface area contributed by atoms with Crippen molar-refractivity contribution in [2.24, 2.45) is 10.2 Å². The zero-order valence-corrected chi connectivity index (χ0v) is 19.0. The van der Waals surface area contributed by atoms with Gasteiger partial charge in [-0.2, -0.15) is 5.11 Å². The predicted octanol–water partition coefficient (Wildman–Crippen LogP) is 4.71. The Morgan fingerprint density at radius 1 is 0.903 bits per heavy atom. The van der Waals surface area contributed by atoms with Crippen molar-refractivity contribution < 1.29 is 28.5 Å². The minimum absolute atomic E-state index is 0.104. The van der Waals surface area contributed by atoms with Crippen molar-refractivity contribution in [2.75, 3.05) is 33.8 Å². The molecule has 0 aliphatic heterocycles. The van der Waals surface area contributed by atoms with Crippen LogP contribution in [0.25, 0.3) is 0 Å². The minimum atomic E-state index is -1.46. The molecule has 1 unspecified atom stereocenters. The summed E-state index contributed by atoms with van der Waals surface area (Å²) < 4.78 is 20.8. The fraction of sp³-hybridized carbons (Fsp3) is 0.300. The molecule has 0 aliphatic carbocycles. The summed E-state index contributed by atoms with van der Waals surface area (Å²) in [5.41, 5.74) is 0.328. The number of carbonyl (C=O) groups is 2. The maximum absolute atomic E-state index is 12.7. The Kier molecular flexibility index (Phi) is 8.47. The summed E-state index contributed by atoms with van der Waals surface area (Å²) in [5.74, 6) is -0.102. The van der Waals surface area contributed by atoms with Gasteiger partial charge in [0, 0.05) is 0 Å². The Labute approximate surface area is 189 Å². The molecule has 0 spiro atoms. The first kappa shape index (κ1) is 24.2. The van der Waals surface area contributed by atoms with Crippen LogP contribution in [0.1, 0.15) is 6.92 Å². The number of nitrogens with one attached hydrogen (secondary N) is 1. The summed E-state index contributed by atoms with van der Waals surface area (Å²) in [6, 6.07) is 4.73. The number of nitrogens with zero attached hydrogens (tertiary/aromatic N) is 2. The van der Waals surface area contributed by atoms with Crippen molar-refractivity contribution in [3.63, 3.8) is 0 Å². The lowest BCUT2D eigenvalue weighted by molar-refractivity contribution is -0.126. The largest absolute Gasteiger partial charge is 0.493 e. The summed E-state index contributed by atoms with van der Waals surface area (Å²) in [6.07, 6.45) is 0. The monoisotopic (exact) mass is 469 g/mol. The molecule has 166 valence electrons. The molecule has 0 saturated heterocycles. The number of methoxy groups -OCH3 is 4. The molecule has 1 atom stereocenters. The number of amides is 1. The van der Waals surface area contributed by atoms with E-state index in [-0.39, 0.29) is 32.9 Å². The van der Waals surface area contributed by atoms with Crippen molar-refractivity contribution in [1.82, 2.24) is 0 Å². The number of ketones is 1. The molecule has 2 aromatic carbocycles. The Morgan fingerprint density at radius 2 is 1.48 bits per heavy atom. The van der Waals surface area contributed by atoms with Crippen LogP contribution in [0, 0.1) is 0 Å². The molecule has 0 saturated carbocycles. The van der Waals surface area contributed by atoms with E-state index in [0.717, 1.165) is 0 Å². The van der Waals surface area contributed by atoms with Gasteiger partial charge in [0.05, 0.1) is 39.1 Å². The van der Waals surface area contributed by atoms with Gasteiger partial charge < -0.3 is 24.3 Å². The quantitative estimate of drug-likeness (QED) is 0.420. The highest BCUT2D eigenvalue weighted by Gasteiger charge is 2.26. The molecule has 0 radical (unpaired) electrons. The zero-order valence-electron chi connectivity index (χ0n) is 17.5. The van der Waals surface area contributed by atoms with Crippen molar-refractivity contribution >= 4 is 46.3 Å². The molecule has 0 bridgehead atoms. The summed E-state index contributed by atoms with van der Waals surface area (Å²) in [7, 11) is 5.72. The Hall–Kier alpha value is -3.04. The third-order valence-corrected chi connectivity index (χ3v) is 4.80. The molecule has 2 aromatic rings. The van der Waals surface area contributed by atoms with Crippen molar-refractivity contribution in [3.8, 4) is 23.0 Å². The number of anilines is 1. The highest BCUT2D eigenvalue weighted by atomic mass is 35.5. The molecule has 0 aromatic heterocycles. The molecule has 1 amide bonds. The molecule has 1 N–H and O–H groups in total. The third kappa shape index (κ3) is 5.36. The number of hydrogen-bond acceptors (Lipinski definition) is 8. The van der Waals surface area contributed by atoms with Crippen LogP contribution in [0.3, 0.4) is 0 Å². The number of halogens is 2. The van der Waals surface area contributed by atoms with Crippen LogP contribution in [0.5, 0.6) is 23.0 Å².